The maximum atomic E-state index is 12.0. The lowest BCUT2D eigenvalue weighted by Gasteiger charge is -2.40. The average Bonchev–Trinajstić information content (AvgIpc) is 2.97. The standard InChI is InChI=1S/C12H23NO2S/c1-4-16(14,15)13-8-5-11(10(2)3)9-12(13)6-7-12/h10-11H,4-9H2,1-3H3. The Kier molecular flexibility index (Phi) is 3.08. The topological polar surface area (TPSA) is 37.4 Å². The van der Waals surface area contributed by atoms with E-state index in [4.69, 9.17) is 0 Å². The average molecular weight is 245 g/mol. The summed E-state index contributed by atoms with van der Waals surface area (Å²) in [6, 6.07) is 0. The lowest BCUT2D eigenvalue weighted by molar-refractivity contribution is 0.149. The smallest absolute Gasteiger partial charge is 0.212 e. The van der Waals surface area contributed by atoms with Crippen LogP contribution in [0, 0.1) is 11.8 Å². The zero-order valence-corrected chi connectivity index (χ0v) is 11.4. The van der Waals surface area contributed by atoms with E-state index in [1.165, 1.54) is 0 Å². The molecule has 0 bridgehead atoms. The number of sulfonamides is 1. The van der Waals surface area contributed by atoms with Gasteiger partial charge in [-0.3, -0.25) is 0 Å². The van der Waals surface area contributed by atoms with Gasteiger partial charge in [-0.15, -0.1) is 0 Å². The van der Waals surface area contributed by atoms with Gasteiger partial charge in [0.2, 0.25) is 10.0 Å². The number of rotatable bonds is 3. The quantitative estimate of drug-likeness (QED) is 0.764. The first-order valence-corrected chi connectivity index (χ1v) is 8.03. The lowest BCUT2D eigenvalue weighted by atomic mass is 9.83. The second kappa shape index (κ2) is 3.98. The zero-order valence-electron chi connectivity index (χ0n) is 10.6. The van der Waals surface area contributed by atoms with Gasteiger partial charge in [0.05, 0.1) is 5.75 Å². The molecule has 0 aromatic rings. The highest BCUT2D eigenvalue weighted by atomic mass is 32.2. The zero-order chi connectivity index (χ0) is 12.0. The Bertz CT molecular complexity index is 357. The molecule has 1 saturated heterocycles. The summed E-state index contributed by atoms with van der Waals surface area (Å²) in [5.74, 6) is 1.65. The Labute approximate surface area is 99.3 Å². The van der Waals surface area contributed by atoms with Crippen LogP contribution in [0.4, 0.5) is 0 Å². The Balaban J connectivity index is 2.15. The van der Waals surface area contributed by atoms with E-state index in [9.17, 15) is 8.42 Å². The molecular weight excluding hydrogens is 222 g/mol. The third kappa shape index (κ3) is 2.02. The summed E-state index contributed by atoms with van der Waals surface area (Å²) in [6.45, 7) is 7.01. The van der Waals surface area contributed by atoms with Crippen LogP contribution in [0.25, 0.3) is 0 Å². The molecule has 1 heterocycles. The lowest BCUT2D eigenvalue weighted by Crippen LogP contribution is -2.49. The first-order chi connectivity index (χ1) is 7.41. The van der Waals surface area contributed by atoms with Crippen LogP contribution in [0.5, 0.6) is 0 Å². The molecule has 94 valence electrons. The highest BCUT2D eigenvalue weighted by Gasteiger charge is 2.55. The van der Waals surface area contributed by atoms with Gasteiger partial charge in [-0.25, -0.2) is 8.42 Å². The molecule has 1 unspecified atom stereocenters. The molecule has 0 aromatic carbocycles. The normalized spacial score (nSPS) is 29.9. The largest absolute Gasteiger partial charge is 0.214 e. The first kappa shape index (κ1) is 12.4. The summed E-state index contributed by atoms with van der Waals surface area (Å²) in [5, 5.41) is 0. The third-order valence-corrected chi connectivity index (χ3v) is 6.32. The molecule has 2 fully saturated rings. The molecule has 4 heteroatoms. The van der Waals surface area contributed by atoms with Crippen molar-refractivity contribution in [1.29, 1.82) is 0 Å². The molecular formula is C12H23NO2S. The molecule has 2 aliphatic rings. The van der Waals surface area contributed by atoms with Crippen molar-refractivity contribution in [3.8, 4) is 0 Å². The molecule has 0 radical (unpaired) electrons. The van der Waals surface area contributed by atoms with E-state index < -0.39 is 10.0 Å². The maximum Gasteiger partial charge on any atom is 0.214 e. The van der Waals surface area contributed by atoms with Gasteiger partial charge in [0.25, 0.3) is 0 Å². The van der Waals surface area contributed by atoms with Gasteiger partial charge < -0.3 is 0 Å². The fourth-order valence-electron chi connectivity index (χ4n) is 2.97. The van der Waals surface area contributed by atoms with Crippen LogP contribution in [0.3, 0.4) is 0 Å². The SMILES string of the molecule is CCS(=O)(=O)N1CCC(C(C)C)CC12CC2. The summed E-state index contributed by atoms with van der Waals surface area (Å²) < 4.78 is 25.8. The van der Waals surface area contributed by atoms with Crippen LogP contribution in [0.1, 0.15) is 46.5 Å². The minimum atomic E-state index is -2.98. The van der Waals surface area contributed by atoms with Crippen LogP contribution >= 0.6 is 0 Å². The monoisotopic (exact) mass is 245 g/mol. The van der Waals surface area contributed by atoms with Crippen molar-refractivity contribution in [1.82, 2.24) is 4.31 Å². The van der Waals surface area contributed by atoms with E-state index in [0.29, 0.717) is 11.8 Å². The van der Waals surface area contributed by atoms with E-state index in [1.807, 2.05) is 4.31 Å². The highest BCUT2D eigenvalue weighted by molar-refractivity contribution is 7.89. The fraction of sp³-hybridized carbons (Fsp3) is 1.00. The van der Waals surface area contributed by atoms with Crippen molar-refractivity contribution in [2.24, 2.45) is 11.8 Å². The van der Waals surface area contributed by atoms with E-state index in [1.54, 1.807) is 6.92 Å². The minimum absolute atomic E-state index is 0.0298. The summed E-state index contributed by atoms with van der Waals surface area (Å²) in [4.78, 5) is 0. The van der Waals surface area contributed by atoms with E-state index in [0.717, 1.165) is 32.2 Å². The van der Waals surface area contributed by atoms with Gasteiger partial charge in [-0.2, -0.15) is 4.31 Å². The van der Waals surface area contributed by atoms with Gasteiger partial charge in [0.15, 0.2) is 0 Å². The summed E-state index contributed by atoms with van der Waals surface area (Å²) >= 11 is 0. The van der Waals surface area contributed by atoms with Crippen molar-refractivity contribution in [3.05, 3.63) is 0 Å². The Hall–Kier alpha value is -0.0900. The minimum Gasteiger partial charge on any atom is -0.212 e. The van der Waals surface area contributed by atoms with E-state index >= 15 is 0 Å². The molecule has 3 nitrogen and oxygen atoms in total. The number of nitrogens with zero attached hydrogens (tertiary/aromatic N) is 1. The van der Waals surface area contributed by atoms with Crippen LogP contribution in [-0.2, 0) is 10.0 Å². The molecule has 0 amide bonds. The number of hydrogen-bond donors (Lipinski definition) is 0. The summed E-state index contributed by atoms with van der Waals surface area (Å²) in [5.41, 5.74) is 0.0298. The van der Waals surface area contributed by atoms with Crippen molar-refractivity contribution < 1.29 is 8.42 Å². The van der Waals surface area contributed by atoms with Crippen molar-refractivity contribution in [2.45, 2.75) is 52.0 Å². The van der Waals surface area contributed by atoms with Crippen LogP contribution in [0.2, 0.25) is 0 Å². The second-order valence-corrected chi connectivity index (χ2v) is 7.88. The molecule has 1 spiro atoms. The maximum absolute atomic E-state index is 12.0. The number of hydrogen-bond acceptors (Lipinski definition) is 2. The van der Waals surface area contributed by atoms with E-state index in [-0.39, 0.29) is 11.3 Å². The van der Waals surface area contributed by atoms with Gasteiger partial charge in [0.1, 0.15) is 0 Å². The van der Waals surface area contributed by atoms with Crippen molar-refractivity contribution in [2.75, 3.05) is 12.3 Å². The molecule has 0 aromatic heterocycles. The molecule has 1 atom stereocenters. The fourth-order valence-corrected chi connectivity index (χ4v) is 4.51. The van der Waals surface area contributed by atoms with Crippen LogP contribution in [-0.4, -0.2) is 30.6 Å². The Morgan fingerprint density at radius 2 is 2.00 bits per heavy atom. The van der Waals surface area contributed by atoms with Crippen molar-refractivity contribution >= 4 is 10.0 Å². The molecule has 1 aliphatic heterocycles. The summed E-state index contributed by atoms with van der Waals surface area (Å²) in [6.07, 6.45) is 4.29. The molecule has 2 rings (SSSR count). The molecule has 1 saturated carbocycles. The van der Waals surface area contributed by atoms with Crippen LogP contribution in [0.15, 0.2) is 0 Å². The summed E-state index contributed by atoms with van der Waals surface area (Å²) in [7, 11) is -2.98. The Morgan fingerprint density at radius 1 is 1.38 bits per heavy atom. The van der Waals surface area contributed by atoms with Crippen LogP contribution < -0.4 is 0 Å². The molecule has 1 aliphatic carbocycles. The number of piperidine rings is 1. The first-order valence-electron chi connectivity index (χ1n) is 6.42. The van der Waals surface area contributed by atoms with Gasteiger partial charge in [-0.05, 0) is 44.4 Å². The molecule has 16 heavy (non-hydrogen) atoms. The predicted molar refractivity (Wildman–Crippen MR) is 65.7 cm³/mol. The van der Waals surface area contributed by atoms with Gasteiger partial charge >= 0.3 is 0 Å². The highest BCUT2D eigenvalue weighted by Crippen LogP contribution is 2.52. The predicted octanol–water partition coefficient (Wildman–Crippen LogP) is 2.24. The van der Waals surface area contributed by atoms with E-state index in [2.05, 4.69) is 13.8 Å². The van der Waals surface area contributed by atoms with Gasteiger partial charge in [-0.1, -0.05) is 13.8 Å². The van der Waals surface area contributed by atoms with Crippen molar-refractivity contribution in [3.63, 3.8) is 0 Å². The Morgan fingerprint density at radius 3 is 2.44 bits per heavy atom. The third-order valence-electron chi connectivity index (χ3n) is 4.34. The molecule has 0 N–H and O–H groups in total. The van der Waals surface area contributed by atoms with Gasteiger partial charge in [0, 0.05) is 12.1 Å². The second-order valence-electron chi connectivity index (χ2n) is 5.69.